The summed E-state index contributed by atoms with van der Waals surface area (Å²) in [6.07, 6.45) is 2.01. The van der Waals surface area contributed by atoms with Crippen LogP contribution in [0.15, 0.2) is 48.9 Å². The second kappa shape index (κ2) is 7.63. The molecule has 1 aromatic rings. The number of anilines is 1. The minimum Gasteiger partial charge on any atom is -0.394 e. The van der Waals surface area contributed by atoms with Gasteiger partial charge in [-0.3, -0.25) is 10.1 Å². The highest BCUT2D eigenvalue weighted by molar-refractivity contribution is 5.96. The number of amides is 2. The molecule has 1 rings (SSSR count). The van der Waals surface area contributed by atoms with Crippen molar-refractivity contribution in [1.29, 1.82) is 0 Å². The van der Waals surface area contributed by atoms with E-state index in [1.54, 1.807) is 24.3 Å². The van der Waals surface area contributed by atoms with Gasteiger partial charge in [-0.05, 0) is 31.2 Å². The lowest BCUT2D eigenvalue weighted by Crippen LogP contribution is -2.23. The van der Waals surface area contributed by atoms with Crippen LogP contribution in [0.5, 0.6) is 0 Å². The summed E-state index contributed by atoms with van der Waals surface area (Å²) in [6, 6.07) is 6.48. The number of carbonyl (C=O) groups is 2. The molecule has 0 aliphatic carbocycles. The van der Waals surface area contributed by atoms with Crippen molar-refractivity contribution in [3.05, 3.63) is 54.4 Å². The Kier molecular flexibility index (Phi) is 5.83. The molecule has 0 radical (unpaired) electrons. The number of nitrogens with one attached hydrogen (secondary N) is 2. The SMILES string of the molecule is C=C/C=C(/N)OC(=O)Nc1cccc(C(=O)NCC)c1. The molecule has 0 aliphatic rings. The molecule has 0 heterocycles. The van der Waals surface area contributed by atoms with Gasteiger partial charge in [0.15, 0.2) is 5.88 Å². The first-order valence-corrected chi connectivity index (χ1v) is 6.02. The lowest BCUT2D eigenvalue weighted by molar-refractivity contribution is 0.0955. The normalized spacial score (nSPS) is 10.6. The molecule has 0 saturated carbocycles. The van der Waals surface area contributed by atoms with Gasteiger partial charge < -0.3 is 15.8 Å². The zero-order valence-corrected chi connectivity index (χ0v) is 11.2. The Morgan fingerprint density at radius 1 is 1.45 bits per heavy atom. The van der Waals surface area contributed by atoms with Crippen molar-refractivity contribution in [3.8, 4) is 0 Å². The molecular formula is C14H17N3O3. The van der Waals surface area contributed by atoms with Crippen LogP contribution in [0.2, 0.25) is 0 Å². The lowest BCUT2D eigenvalue weighted by atomic mass is 10.2. The molecule has 0 spiro atoms. The third-order valence-corrected chi connectivity index (χ3v) is 2.20. The summed E-state index contributed by atoms with van der Waals surface area (Å²) >= 11 is 0. The van der Waals surface area contributed by atoms with Crippen LogP contribution < -0.4 is 16.4 Å². The van der Waals surface area contributed by atoms with Gasteiger partial charge in [0.25, 0.3) is 5.91 Å². The van der Waals surface area contributed by atoms with Gasteiger partial charge in [0.2, 0.25) is 0 Å². The fraction of sp³-hybridized carbons (Fsp3) is 0.143. The minimum absolute atomic E-state index is 0.0719. The summed E-state index contributed by atoms with van der Waals surface area (Å²) in [7, 11) is 0. The van der Waals surface area contributed by atoms with E-state index in [0.717, 1.165) is 0 Å². The molecule has 4 N–H and O–H groups in total. The van der Waals surface area contributed by atoms with E-state index in [1.165, 1.54) is 12.2 Å². The van der Waals surface area contributed by atoms with E-state index in [-0.39, 0.29) is 11.8 Å². The Labute approximate surface area is 117 Å². The number of hydrogen-bond acceptors (Lipinski definition) is 4. The number of nitrogens with two attached hydrogens (primary N) is 1. The third kappa shape index (κ3) is 4.85. The van der Waals surface area contributed by atoms with Crippen LogP contribution in [0.4, 0.5) is 10.5 Å². The van der Waals surface area contributed by atoms with Gasteiger partial charge in [0.05, 0.1) is 0 Å². The van der Waals surface area contributed by atoms with Gasteiger partial charge in [-0.25, -0.2) is 4.79 Å². The summed E-state index contributed by atoms with van der Waals surface area (Å²) in [6.45, 7) is 5.78. The molecule has 0 unspecified atom stereocenters. The Morgan fingerprint density at radius 2 is 2.20 bits per heavy atom. The van der Waals surface area contributed by atoms with Gasteiger partial charge in [0.1, 0.15) is 0 Å². The second-order valence-electron chi connectivity index (χ2n) is 3.76. The van der Waals surface area contributed by atoms with Crippen molar-refractivity contribution in [1.82, 2.24) is 5.32 Å². The first kappa shape index (κ1) is 15.3. The predicted molar refractivity (Wildman–Crippen MR) is 77.0 cm³/mol. The van der Waals surface area contributed by atoms with Crippen LogP contribution in [0, 0.1) is 0 Å². The Bertz CT molecular complexity index is 538. The minimum atomic E-state index is -0.742. The molecule has 20 heavy (non-hydrogen) atoms. The Hall–Kier alpha value is -2.76. The van der Waals surface area contributed by atoms with Gasteiger partial charge >= 0.3 is 6.09 Å². The quantitative estimate of drug-likeness (QED) is 0.565. The molecule has 106 valence electrons. The number of ether oxygens (including phenoxy) is 1. The van der Waals surface area contributed by atoms with Crippen LogP contribution in [0.25, 0.3) is 0 Å². The number of benzene rings is 1. The zero-order chi connectivity index (χ0) is 15.0. The van der Waals surface area contributed by atoms with E-state index in [4.69, 9.17) is 10.5 Å². The topological polar surface area (TPSA) is 93.4 Å². The zero-order valence-electron chi connectivity index (χ0n) is 11.2. The van der Waals surface area contributed by atoms with E-state index >= 15 is 0 Å². The van der Waals surface area contributed by atoms with E-state index in [2.05, 4.69) is 17.2 Å². The Balaban J connectivity index is 2.71. The van der Waals surface area contributed by atoms with Gasteiger partial charge in [-0.15, -0.1) is 0 Å². The molecule has 0 saturated heterocycles. The molecular weight excluding hydrogens is 258 g/mol. The van der Waals surface area contributed by atoms with Crippen LogP contribution in [0.3, 0.4) is 0 Å². The van der Waals surface area contributed by atoms with Crippen LogP contribution in [-0.2, 0) is 4.74 Å². The van der Waals surface area contributed by atoms with Crippen LogP contribution in [-0.4, -0.2) is 18.5 Å². The fourth-order valence-electron chi connectivity index (χ4n) is 1.40. The fourth-order valence-corrected chi connectivity index (χ4v) is 1.40. The molecule has 0 atom stereocenters. The second-order valence-corrected chi connectivity index (χ2v) is 3.76. The van der Waals surface area contributed by atoms with Crippen molar-refractivity contribution in [2.24, 2.45) is 5.73 Å². The molecule has 2 amide bonds. The highest BCUT2D eigenvalue weighted by atomic mass is 16.6. The number of allylic oxidation sites excluding steroid dienone is 2. The predicted octanol–water partition coefficient (Wildman–Crippen LogP) is 1.97. The molecule has 1 aromatic carbocycles. The molecule has 0 aromatic heterocycles. The third-order valence-electron chi connectivity index (χ3n) is 2.20. The smallest absolute Gasteiger partial charge is 0.394 e. The summed E-state index contributed by atoms with van der Waals surface area (Å²) in [5.74, 6) is -0.284. The molecule has 0 fully saturated rings. The summed E-state index contributed by atoms with van der Waals surface area (Å²) in [5.41, 5.74) is 6.28. The molecule has 6 nitrogen and oxygen atoms in total. The summed E-state index contributed by atoms with van der Waals surface area (Å²) in [5, 5.41) is 5.14. The first-order valence-electron chi connectivity index (χ1n) is 6.02. The molecule has 0 aliphatic heterocycles. The van der Waals surface area contributed by atoms with E-state index in [1.807, 2.05) is 6.92 Å². The van der Waals surface area contributed by atoms with Gasteiger partial charge in [0, 0.05) is 17.8 Å². The van der Waals surface area contributed by atoms with Crippen molar-refractivity contribution in [2.75, 3.05) is 11.9 Å². The average Bonchev–Trinajstić information content (AvgIpc) is 2.39. The van der Waals surface area contributed by atoms with Gasteiger partial charge in [-0.1, -0.05) is 18.7 Å². The van der Waals surface area contributed by atoms with E-state index in [0.29, 0.717) is 17.8 Å². The number of rotatable bonds is 5. The first-order chi connectivity index (χ1) is 9.56. The van der Waals surface area contributed by atoms with Crippen LogP contribution >= 0.6 is 0 Å². The molecule has 6 heteroatoms. The highest BCUT2D eigenvalue weighted by Gasteiger charge is 2.08. The van der Waals surface area contributed by atoms with Crippen molar-refractivity contribution >= 4 is 17.7 Å². The summed E-state index contributed by atoms with van der Waals surface area (Å²) in [4.78, 5) is 23.2. The monoisotopic (exact) mass is 275 g/mol. The standard InChI is InChI=1S/C14H17N3O3/c1-3-6-12(15)20-14(19)17-11-8-5-7-10(9-11)13(18)16-4-2/h3,5-9H,1,4,15H2,2H3,(H,16,18)(H,17,19)/b12-6-. The van der Waals surface area contributed by atoms with Crippen molar-refractivity contribution in [2.45, 2.75) is 6.92 Å². The molecule has 0 bridgehead atoms. The van der Waals surface area contributed by atoms with Gasteiger partial charge in [-0.2, -0.15) is 0 Å². The highest BCUT2D eigenvalue weighted by Crippen LogP contribution is 2.11. The number of hydrogen-bond donors (Lipinski definition) is 3. The van der Waals surface area contributed by atoms with E-state index in [9.17, 15) is 9.59 Å². The Morgan fingerprint density at radius 3 is 2.85 bits per heavy atom. The maximum atomic E-state index is 11.7. The lowest BCUT2D eigenvalue weighted by Gasteiger charge is -2.08. The maximum Gasteiger partial charge on any atom is 0.418 e. The van der Waals surface area contributed by atoms with E-state index < -0.39 is 6.09 Å². The van der Waals surface area contributed by atoms with Crippen molar-refractivity contribution in [3.63, 3.8) is 0 Å². The maximum absolute atomic E-state index is 11.7. The number of carbonyl (C=O) groups excluding carboxylic acids is 2. The van der Waals surface area contributed by atoms with Crippen LogP contribution in [0.1, 0.15) is 17.3 Å². The summed E-state index contributed by atoms with van der Waals surface area (Å²) < 4.78 is 4.76. The largest absolute Gasteiger partial charge is 0.418 e. The average molecular weight is 275 g/mol. The van der Waals surface area contributed by atoms with Crippen molar-refractivity contribution < 1.29 is 14.3 Å².